The van der Waals surface area contributed by atoms with Crippen LogP contribution in [0, 0.1) is 0 Å². The van der Waals surface area contributed by atoms with E-state index in [-0.39, 0.29) is 0 Å². The molecule has 4 nitrogen and oxygen atoms in total. The van der Waals surface area contributed by atoms with Crippen molar-refractivity contribution in [2.75, 3.05) is 26.2 Å². The van der Waals surface area contributed by atoms with Gasteiger partial charge in [0.2, 0.25) is 0 Å². The van der Waals surface area contributed by atoms with Crippen LogP contribution in [-0.2, 0) is 13.1 Å². The Labute approximate surface area is 122 Å². The molecule has 1 aromatic rings. The average molecular weight is 277 g/mol. The highest BCUT2D eigenvalue weighted by molar-refractivity contribution is 5.13. The molecule has 2 aliphatic rings. The van der Waals surface area contributed by atoms with Crippen LogP contribution in [0.1, 0.15) is 38.0 Å². The molecule has 0 spiro atoms. The SMILES string of the molecule is CCNCc1coc(CN2CC3CCCN3CC2C)c1. The summed E-state index contributed by atoms with van der Waals surface area (Å²) >= 11 is 0. The number of fused-ring (bicyclic) bond motifs is 1. The van der Waals surface area contributed by atoms with Gasteiger partial charge < -0.3 is 9.73 Å². The molecule has 2 saturated heterocycles. The van der Waals surface area contributed by atoms with Gasteiger partial charge in [0.25, 0.3) is 0 Å². The largest absolute Gasteiger partial charge is 0.468 e. The summed E-state index contributed by atoms with van der Waals surface area (Å²) in [5, 5.41) is 3.34. The molecule has 1 N–H and O–H groups in total. The molecule has 0 radical (unpaired) electrons. The van der Waals surface area contributed by atoms with Crippen molar-refractivity contribution in [2.24, 2.45) is 0 Å². The van der Waals surface area contributed by atoms with Gasteiger partial charge >= 0.3 is 0 Å². The van der Waals surface area contributed by atoms with Crippen molar-refractivity contribution in [1.29, 1.82) is 0 Å². The van der Waals surface area contributed by atoms with Crippen LogP contribution in [0.15, 0.2) is 16.7 Å². The van der Waals surface area contributed by atoms with Gasteiger partial charge in [-0.1, -0.05) is 6.92 Å². The normalized spacial score (nSPS) is 27.9. The van der Waals surface area contributed by atoms with Crippen LogP contribution in [0.2, 0.25) is 0 Å². The predicted molar refractivity (Wildman–Crippen MR) is 80.6 cm³/mol. The molecule has 0 saturated carbocycles. The van der Waals surface area contributed by atoms with E-state index in [1.807, 2.05) is 6.26 Å². The highest BCUT2D eigenvalue weighted by atomic mass is 16.3. The molecule has 3 rings (SSSR count). The average Bonchev–Trinajstić information content (AvgIpc) is 3.06. The van der Waals surface area contributed by atoms with Crippen molar-refractivity contribution >= 4 is 0 Å². The molecule has 112 valence electrons. The molecule has 4 heteroatoms. The maximum absolute atomic E-state index is 5.73. The van der Waals surface area contributed by atoms with Gasteiger partial charge in [-0.25, -0.2) is 0 Å². The maximum atomic E-state index is 5.73. The zero-order valence-electron chi connectivity index (χ0n) is 12.8. The predicted octanol–water partition coefficient (Wildman–Crippen LogP) is 2.06. The van der Waals surface area contributed by atoms with Gasteiger partial charge in [-0.05, 0) is 38.9 Å². The Morgan fingerprint density at radius 1 is 1.40 bits per heavy atom. The molecule has 3 heterocycles. The zero-order valence-corrected chi connectivity index (χ0v) is 12.8. The van der Waals surface area contributed by atoms with Crippen LogP contribution in [0.5, 0.6) is 0 Å². The van der Waals surface area contributed by atoms with E-state index in [4.69, 9.17) is 4.42 Å². The third-order valence-electron chi connectivity index (χ3n) is 4.71. The minimum atomic E-state index is 0.631. The van der Waals surface area contributed by atoms with Crippen LogP contribution in [0.3, 0.4) is 0 Å². The smallest absolute Gasteiger partial charge is 0.118 e. The Balaban J connectivity index is 1.57. The van der Waals surface area contributed by atoms with Crippen molar-refractivity contribution in [3.05, 3.63) is 23.7 Å². The molecule has 2 aliphatic heterocycles. The number of nitrogens with zero attached hydrogens (tertiary/aromatic N) is 2. The van der Waals surface area contributed by atoms with Crippen molar-refractivity contribution in [2.45, 2.75) is 51.9 Å². The Morgan fingerprint density at radius 3 is 3.15 bits per heavy atom. The summed E-state index contributed by atoms with van der Waals surface area (Å²) < 4.78 is 5.73. The van der Waals surface area contributed by atoms with Crippen molar-refractivity contribution < 1.29 is 4.42 Å². The standard InChI is InChI=1S/C16H27N3O/c1-3-17-8-14-7-16(20-12-14)11-19-10-15-5-4-6-18(15)9-13(19)2/h7,12-13,15,17H,3-6,8-11H2,1-2H3. The van der Waals surface area contributed by atoms with Gasteiger partial charge in [-0.2, -0.15) is 0 Å². The number of hydrogen-bond acceptors (Lipinski definition) is 4. The molecule has 2 atom stereocenters. The van der Waals surface area contributed by atoms with Crippen LogP contribution < -0.4 is 5.32 Å². The molecule has 0 bridgehead atoms. The van der Waals surface area contributed by atoms with Crippen LogP contribution in [0.4, 0.5) is 0 Å². The number of rotatable bonds is 5. The van der Waals surface area contributed by atoms with E-state index in [1.165, 1.54) is 38.0 Å². The molecule has 2 unspecified atom stereocenters. The Bertz CT molecular complexity index is 431. The lowest BCUT2D eigenvalue weighted by Gasteiger charge is -2.41. The molecule has 20 heavy (non-hydrogen) atoms. The van der Waals surface area contributed by atoms with Gasteiger partial charge in [0.1, 0.15) is 5.76 Å². The van der Waals surface area contributed by atoms with Gasteiger partial charge in [-0.3, -0.25) is 9.80 Å². The lowest BCUT2D eigenvalue weighted by atomic mass is 10.1. The summed E-state index contributed by atoms with van der Waals surface area (Å²) in [4.78, 5) is 5.25. The first kappa shape index (κ1) is 14.1. The van der Waals surface area contributed by atoms with Crippen molar-refractivity contribution in [1.82, 2.24) is 15.1 Å². The Hall–Kier alpha value is -0.840. The van der Waals surface area contributed by atoms with E-state index in [2.05, 4.69) is 35.0 Å². The minimum Gasteiger partial charge on any atom is -0.468 e. The fourth-order valence-corrected chi connectivity index (χ4v) is 3.54. The number of nitrogens with one attached hydrogen (secondary N) is 1. The number of hydrogen-bond donors (Lipinski definition) is 1. The number of piperazine rings is 1. The topological polar surface area (TPSA) is 31.7 Å². The maximum Gasteiger partial charge on any atom is 0.118 e. The third kappa shape index (κ3) is 3.08. The molecule has 0 aromatic carbocycles. The second-order valence-electron chi connectivity index (χ2n) is 6.27. The fourth-order valence-electron chi connectivity index (χ4n) is 3.54. The fraction of sp³-hybridized carbons (Fsp3) is 0.750. The van der Waals surface area contributed by atoms with Crippen molar-refractivity contribution in [3.8, 4) is 0 Å². The minimum absolute atomic E-state index is 0.631. The molecular formula is C16H27N3O. The first-order chi connectivity index (χ1) is 9.76. The zero-order chi connectivity index (χ0) is 13.9. The van der Waals surface area contributed by atoms with E-state index < -0.39 is 0 Å². The van der Waals surface area contributed by atoms with Crippen LogP contribution in [0.25, 0.3) is 0 Å². The second-order valence-corrected chi connectivity index (χ2v) is 6.27. The second kappa shape index (κ2) is 6.29. The van der Waals surface area contributed by atoms with Gasteiger partial charge in [0.05, 0.1) is 12.8 Å². The monoisotopic (exact) mass is 277 g/mol. The molecule has 1 aromatic heterocycles. The highest BCUT2D eigenvalue weighted by Crippen LogP contribution is 2.26. The molecule has 0 amide bonds. The summed E-state index contributed by atoms with van der Waals surface area (Å²) in [5.74, 6) is 1.11. The molecule has 2 fully saturated rings. The summed E-state index contributed by atoms with van der Waals surface area (Å²) in [7, 11) is 0. The Kier molecular flexibility index (Phi) is 4.44. The first-order valence-electron chi connectivity index (χ1n) is 8.01. The third-order valence-corrected chi connectivity index (χ3v) is 4.71. The number of furan rings is 1. The van der Waals surface area contributed by atoms with E-state index >= 15 is 0 Å². The van der Waals surface area contributed by atoms with E-state index in [0.717, 1.165) is 31.4 Å². The Morgan fingerprint density at radius 2 is 2.30 bits per heavy atom. The van der Waals surface area contributed by atoms with Gasteiger partial charge in [0, 0.05) is 37.3 Å². The summed E-state index contributed by atoms with van der Waals surface area (Å²) in [6.07, 6.45) is 4.64. The van der Waals surface area contributed by atoms with E-state index in [9.17, 15) is 0 Å². The van der Waals surface area contributed by atoms with E-state index in [0.29, 0.717) is 6.04 Å². The van der Waals surface area contributed by atoms with Crippen LogP contribution in [-0.4, -0.2) is 48.1 Å². The summed E-state index contributed by atoms with van der Waals surface area (Å²) in [6, 6.07) is 3.62. The lowest BCUT2D eigenvalue weighted by molar-refractivity contribution is 0.0494. The van der Waals surface area contributed by atoms with Crippen LogP contribution >= 0.6 is 0 Å². The lowest BCUT2D eigenvalue weighted by Crippen LogP contribution is -2.54. The quantitative estimate of drug-likeness (QED) is 0.893. The highest BCUT2D eigenvalue weighted by Gasteiger charge is 2.34. The first-order valence-corrected chi connectivity index (χ1v) is 8.01. The van der Waals surface area contributed by atoms with Gasteiger partial charge in [-0.15, -0.1) is 0 Å². The van der Waals surface area contributed by atoms with Gasteiger partial charge in [0.15, 0.2) is 0 Å². The summed E-state index contributed by atoms with van der Waals surface area (Å²) in [6.45, 7) is 11.1. The molecular weight excluding hydrogens is 250 g/mol. The van der Waals surface area contributed by atoms with Crippen molar-refractivity contribution in [3.63, 3.8) is 0 Å². The summed E-state index contributed by atoms with van der Waals surface area (Å²) in [5.41, 5.74) is 1.26. The van der Waals surface area contributed by atoms with E-state index in [1.54, 1.807) is 0 Å². The molecule has 0 aliphatic carbocycles.